The number of nitrogens with zero attached hydrogens (tertiary/aromatic N) is 2. The van der Waals surface area contributed by atoms with Crippen LogP contribution in [0.25, 0.3) is 0 Å². The normalized spacial score (nSPS) is 24.1. The number of rotatable bonds is 10. The molecule has 2 aliphatic rings. The first-order valence-corrected chi connectivity index (χ1v) is 15.7. The second kappa shape index (κ2) is 13.9. The monoisotopic (exact) mass is 586 g/mol. The first-order chi connectivity index (χ1) is 19.5. The van der Waals surface area contributed by atoms with Crippen molar-refractivity contribution in [2.24, 2.45) is 0 Å². The molecule has 224 valence electrons. The molecule has 2 aromatic rings. The molecule has 2 aliphatic heterocycles. The quantitative estimate of drug-likeness (QED) is 0.435. The van der Waals surface area contributed by atoms with Gasteiger partial charge >= 0.3 is 0 Å². The molecule has 2 heterocycles. The van der Waals surface area contributed by atoms with E-state index in [1.807, 2.05) is 0 Å². The van der Waals surface area contributed by atoms with E-state index in [1.165, 1.54) is 24.3 Å². The van der Waals surface area contributed by atoms with Crippen LogP contribution in [0.1, 0.15) is 40.5 Å². The van der Waals surface area contributed by atoms with Crippen molar-refractivity contribution >= 4 is 33.0 Å². The van der Waals surface area contributed by atoms with Crippen LogP contribution in [-0.2, 0) is 28.9 Å². The van der Waals surface area contributed by atoms with Gasteiger partial charge in [0.1, 0.15) is 0 Å². The van der Waals surface area contributed by atoms with Crippen molar-refractivity contribution in [3.8, 4) is 0 Å². The zero-order valence-corrected chi connectivity index (χ0v) is 25.2. The van der Waals surface area contributed by atoms with Crippen LogP contribution < -0.4 is 10.6 Å². The highest BCUT2D eigenvalue weighted by atomic mass is 32.2. The van der Waals surface area contributed by atoms with Crippen molar-refractivity contribution in [3.05, 3.63) is 48.5 Å². The highest BCUT2D eigenvalue weighted by molar-refractivity contribution is 7.91. The van der Waals surface area contributed by atoms with Crippen LogP contribution >= 0.6 is 0 Å². The molecule has 4 atom stereocenters. The minimum atomic E-state index is -3.77. The number of anilines is 2. The van der Waals surface area contributed by atoms with E-state index in [0.717, 1.165) is 0 Å². The molecule has 0 saturated carbocycles. The minimum absolute atomic E-state index is 0.122. The lowest BCUT2D eigenvalue weighted by atomic mass is 10.1. The van der Waals surface area contributed by atoms with Crippen molar-refractivity contribution in [2.75, 3.05) is 50.2 Å². The van der Waals surface area contributed by atoms with Crippen molar-refractivity contribution in [3.63, 3.8) is 0 Å². The lowest BCUT2D eigenvalue weighted by molar-refractivity contribution is -0.118. The van der Waals surface area contributed by atoms with E-state index in [4.69, 9.17) is 9.47 Å². The number of hydrogen-bond donors (Lipinski definition) is 2. The fraction of sp³-hybridized carbons (Fsp3) is 0.533. The lowest BCUT2D eigenvalue weighted by Crippen LogP contribution is -2.50. The Kier molecular flexibility index (Phi) is 10.5. The largest absolute Gasteiger partial charge is 0.378 e. The van der Waals surface area contributed by atoms with Gasteiger partial charge in [-0.25, -0.2) is 8.42 Å². The molecule has 2 saturated heterocycles. The Morgan fingerprint density at radius 1 is 0.659 bits per heavy atom. The zero-order valence-electron chi connectivity index (χ0n) is 24.3. The van der Waals surface area contributed by atoms with E-state index >= 15 is 0 Å². The Morgan fingerprint density at radius 2 is 0.976 bits per heavy atom. The highest BCUT2D eigenvalue weighted by Crippen LogP contribution is 2.24. The van der Waals surface area contributed by atoms with Gasteiger partial charge in [-0.05, 0) is 76.2 Å². The first kappa shape index (κ1) is 31.1. The topological polar surface area (TPSA) is 117 Å². The highest BCUT2D eigenvalue weighted by Gasteiger charge is 2.26. The van der Waals surface area contributed by atoms with Gasteiger partial charge in [0.05, 0.1) is 36.2 Å². The molecule has 0 radical (unpaired) electrons. The maximum atomic E-state index is 13.2. The number of benzene rings is 2. The van der Waals surface area contributed by atoms with Crippen molar-refractivity contribution in [1.82, 2.24) is 9.80 Å². The molecule has 0 aromatic heterocycles. The van der Waals surface area contributed by atoms with Gasteiger partial charge in [0.15, 0.2) is 0 Å². The van der Waals surface area contributed by atoms with Crippen LogP contribution in [0, 0.1) is 0 Å². The van der Waals surface area contributed by atoms with Crippen LogP contribution in [0.2, 0.25) is 0 Å². The van der Waals surface area contributed by atoms with Crippen molar-refractivity contribution < 1.29 is 27.5 Å². The van der Waals surface area contributed by atoms with Crippen LogP contribution in [0.4, 0.5) is 11.4 Å². The summed E-state index contributed by atoms with van der Waals surface area (Å²) in [4.78, 5) is 29.8. The molecule has 10 nitrogen and oxygen atoms in total. The third-order valence-electron chi connectivity index (χ3n) is 7.79. The molecule has 0 unspecified atom stereocenters. The molecule has 2 amide bonds. The molecular formula is C30H42N4O6S. The number of carbonyl (C=O) groups excluding carboxylic acids is 2. The van der Waals surface area contributed by atoms with Crippen molar-refractivity contribution in [1.29, 1.82) is 0 Å². The predicted octanol–water partition coefficient (Wildman–Crippen LogP) is 3.40. The van der Waals surface area contributed by atoms with Gasteiger partial charge in [-0.1, -0.05) is 0 Å². The molecule has 2 fully saturated rings. The van der Waals surface area contributed by atoms with Gasteiger partial charge in [0, 0.05) is 61.5 Å². The summed E-state index contributed by atoms with van der Waals surface area (Å²) in [6.07, 6.45) is 0.673. The lowest BCUT2D eigenvalue weighted by Gasteiger charge is -2.38. The minimum Gasteiger partial charge on any atom is -0.378 e. The SMILES string of the molecule is C[C@@H]1COC[C@H](C)N1CCC(=O)Nc1ccc(S(=O)(=O)c2ccc(NC(=O)CCN3[C@@H](C)COC[C@@H]3C)cc2)cc1. The number of sulfone groups is 1. The Hall–Kier alpha value is -2.83. The van der Waals surface area contributed by atoms with E-state index in [9.17, 15) is 18.0 Å². The summed E-state index contributed by atoms with van der Waals surface area (Å²) in [6, 6.07) is 13.4. The maximum Gasteiger partial charge on any atom is 0.225 e. The Bertz CT molecular complexity index is 1170. The summed E-state index contributed by atoms with van der Waals surface area (Å²) in [5.74, 6) is -0.254. The Morgan fingerprint density at radius 3 is 1.29 bits per heavy atom. The number of hydrogen-bond acceptors (Lipinski definition) is 8. The van der Waals surface area contributed by atoms with Gasteiger partial charge in [-0.3, -0.25) is 19.4 Å². The molecule has 0 aliphatic carbocycles. The van der Waals surface area contributed by atoms with Gasteiger partial charge in [-0.2, -0.15) is 0 Å². The molecule has 2 N–H and O–H groups in total. The van der Waals surface area contributed by atoms with E-state index < -0.39 is 9.84 Å². The summed E-state index contributed by atoms with van der Waals surface area (Å²) in [7, 11) is -3.77. The smallest absolute Gasteiger partial charge is 0.225 e. The number of carbonyl (C=O) groups is 2. The van der Waals surface area contributed by atoms with E-state index in [1.54, 1.807) is 24.3 Å². The fourth-order valence-electron chi connectivity index (χ4n) is 5.43. The summed E-state index contributed by atoms with van der Waals surface area (Å²) >= 11 is 0. The van der Waals surface area contributed by atoms with Crippen LogP contribution in [0.5, 0.6) is 0 Å². The van der Waals surface area contributed by atoms with E-state index in [2.05, 4.69) is 48.1 Å². The third-order valence-corrected chi connectivity index (χ3v) is 9.58. The average molecular weight is 587 g/mol. The van der Waals surface area contributed by atoms with Crippen LogP contribution in [0.15, 0.2) is 58.3 Å². The molecule has 41 heavy (non-hydrogen) atoms. The molecule has 0 bridgehead atoms. The second-order valence-electron chi connectivity index (χ2n) is 11.1. The maximum absolute atomic E-state index is 13.2. The van der Waals surface area contributed by atoms with E-state index in [0.29, 0.717) is 63.7 Å². The summed E-state index contributed by atoms with van der Waals surface area (Å²) in [5.41, 5.74) is 1.08. The number of morpholine rings is 2. The molecule has 2 aromatic carbocycles. The van der Waals surface area contributed by atoms with Crippen LogP contribution in [-0.4, -0.2) is 93.7 Å². The van der Waals surface area contributed by atoms with Gasteiger partial charge in [0.25, 0.3) is 0 Å². The Labute approximate surface area is 243 Å². The molecule has 4 rings (SSSR count). The molecule has 11 heteroatoms. The van der Waals surface area contributed by atoms with E-state index in [-0.39, 0.29) is 45.8 Å². The standard InChI is InChI=1S/C30H42N4O6S/c1-21-17-39-18-22(2)33(21)15-13-29(35)31-25-5-9-27(10-6-25)41(37,38)28-11-7-26(8-12-28)32-30(36)14-16-34-23(3)19-40-20-24(34)4/h5-12,21-24H,13-20H2,1-4H3,(H,31,35)(H,32,36)/t21-,22-,23-,24+/m0/s1. The number of amides is 2. The predicted molar refractivity (Wildman–Crippen MR) is 158 cm³/mol. The third kappa shape index (κ3) is 8.14. The summed E-state index contributed by atoms with van der Waals surface area (Å²) in [5, 5.41) is 5.70. The average Bonchev–Trinajstić information content (AvgIpc) is 2.93. The molecule has 0 spiro atoms. The summed E-state index contributed by atoms with van der Waals surface area (Å²) in [6.45, 7) is 12.3. The fourth-order valence-corrected chi connectivity index (χ4v) is 6.69. The van der Waals surface area contributed by atoms with Crippen LogP contribution in [0.3, 0.4) is 0 Å². The van der Waals surface area contributed by atoms with Gasteiger partial charge in [-0.15, -0.1) is 0 Å². The number of nitrogens with one attached hydrogen (secondary N) is 2. The van der Waals surface area contributed by atoms with Crippen molar-refractivity contribution in [2.45, 2.75) is 74.5 Å². The van der Waals surface area contributed by atoms with Gasteiger partial charge < -0.3 is 20.1 Å². The molecular weight excluding hydrogens is 544 g/mol. The second-order valence-corrected chi connectivity index (χ2v) is 13.0. The Balaban J connectivity index is 1.28. The van der Waals surface area contributed by atoms with Gasteiger partial charge in [0.2, 0.25) is 21.7 Å². The zero-order chi connectivity index (χ0) is 29.6. The number of ether oxygens (including phenoxy) is 2. The summed E-state index contributed by atoms with van der Waals surface area (Å²) < 4.78 is 37.4. The first-order valence-electron chi connectivity index (χ1n) is 14.3.